The smallest absolute Gasteiger partial charge is 0.230 e. The van der Waals surface area contributed by atoms with Gasteiger partial charge in [0.25, 0.3) is 0 Å². The van der Waals surface area contributed by atoms with Crippen molar-refractivity contribution in [1.82, 2.24) is 20.0 Å². The number of nitrogens with zero attached hydrogens (tertiary/aromatic N) is 4. The average Bonchev–Trinajstić information content (AvgIpc) is 3.38. The van der Waals surface area contributed by atoms with Crippen LogP contribution in [0.3, 0.4) is 0 Å². The van der Waals surface area contributed by atoms with Gasteiger partial charge in [0.1, 0.15) is 0 Å². The van der Waals surface area contributed by atoms with Crippen molar-refractivity contribution in [2.75, 3.05) is 26.2 Å². The van der Waals surface area contributed by atoms with Crippen LogP contribution in [0.25, 0.3) is 0 Å². The first-order valence-electron chi connectivity index (χ1n) is 9.20. The lowest BCUT2D eigenvalue weighted by Crippen LogP contribution is -2.52. The molecule has 0 amide bonds. The maximum Gasteiger partial charge on any atom is 0.230 e. The minimum Gasteiger partial charge on any atom is -0.424 e. The van der Waals surface area contributed by atoms with Gasteiger partial charge in [0.2, 0.25) is 11.8 Å². The zero-order chi connectivity index (χ0) is 17.2. The lowest BCUT2D eigenvalue weighted by atomic mass is 10.1. The van der Waals surface area contributed by atoms with E-state index in [0.29, 0.717) is 18.5 Å². The van der Waals surface area contributed by atoms with Gasteiger partial charge in [-0.2, -0.15) is 0 Å². The van der Waals surface area contributed by atoms with Crippen molar-refractivity contribution in [2.24, 2.45) is 0 Å². The molecule has 4 rings (SSSR count). The van der Waals surface area contributed by atoms with Gasteiger partial charge < -0.3 is 9.52 Å². The van der Waals surface area contributed by atoms with Gasteiger partial charge in [0, 0.05) is 38.1 Å². The number of aromatic nitrogens is 2. The van der Waals surface area contributed by atoms with Gasteiger partial charge in [-0.1, -0.05) is 30.3 Å². The largest absolute Gasteiger partial charge is 0.424 e. The summed E-state index contributed by atoms with van der Waals surface area (Å²) in [7, 11) is 0. The summed E-state index contributed by atoms with van der Waals surface area (Å²) in [6.45, 7) is 6.45. The standard InChI is InChI=1S/C19H26N4O2/c1-14-11-22(13-18-20-21-19(25-18)16-7-8-16)9-10-23(14)12-17(24)15-5-3-2-4-6-15/h2-6,14,16-17,24H,7-13H2,1H3/t14-,17+/m1/s1. The fourth-order valence-electron chi connectivity index (χ4n) is 3.51. The van der Waals surface area contributed by atoms with Crippen molar-refractivity contribution in [3.63, 3.8) is 0 Å². The minimum absolute atomic E-state index is 0.387. The molecule has 1 aromatic heterocycles. The fraction of sp³-hybridized carbons (Fsp3) is 0.579. The molecule has 2 aromatic rings. The molecular formula is C19H26N4O2. The monoisotopic (exact) mass is 342 g/mol. The Hall–Kier alpha value is -1.76. The number of benzene rings is 1. The van der Waals surface area contributed by atoms with Gasteiger partial charge in [-0.05, 0) is 25.3 Å². The minimum atomic E-state index is -0.438. The molecule has 1 saturated carbocycles. The summed E-state index contributed by atoms with van der Waals surface area (Å²) in [5.41, 5.74) is 0.982. The molecular weight excluding hydrogens is 316 g/mol. The zero-order valence-corrected chi connectivity index (χ0v) is 14.7. The molecule has 0 spiro atoms. The predicted octanol–water partition coefficient (Wildman–Crippen LogP) is 2.19. The summed E-state index contributed by atoms with van der Waals surface area (Å²) in [4.78, 5) is 4.72. The molecule has 0 bridgehead atoms. The molecule has 1 N–H and O–H groups in total. The number of rotatable bonds is 6. The van der Waals surface area contributed by atoms with Crippen molar-refractivity contribution < 1.29 is 9.52 Å². The Morgan fingerprint density at radius 3 is 2.72 bits per heavy atom. The van der Waals surface area contributed by atoms with Crippen LogP contribution in [0.15, 0.2) is 34.7 Å². The molecule has 0 unspecified atom stereocenters. The van der Waals surface area contributed by atoms with Crippen LogP contribution in [0.4, 0.5) is 0 Å². The van der Waals surface area contributed by atoms with Crippen LogP contribution in [0.5, 0.6) is 0 Å². The second-order valence-corrected chi connectivity index (χ2v) is 7.31. The number of piperazine rings is 1. The third-order valence-corrected chi connectivity index (χ3v) is 5.21. The Kier molecular flexibility index (Phi) is 4.83. The molecule has 1 aromatic carbocycles. The van der Waals surface area contributed by atoms with E-state index >= 15 is 0 Å². The highest BCUT2D eigenvalue weighted by Crippen LogP contribution is 2.39. The van der Waals surface area contributed by atoms with E-state index in [9.17, 15) is 5.11 Å². The molecule has 1 aliphatic heterocycles. The van der Waals surface area contributed by atoms with Gasteiger partial charge in [0.05, 0.1) is 12.6 Å². The van der Waals surface area contributed by atoms with Crippen molar-refractivity contribution in [2.45, 2.75) is 44.4 Å². The van der Waals surface area contributed by atoms with Crippen LogP contribution in [0, 0.1) is 0 Å². The summed E-state index contributed by atoms with van der Waals surface area (Å²) in [6, 6.07) is 10.3. The van der Waals surface area contributed by atoms with Gasteiger partial charge in [0.15, 0.2) is 0 Å². The molecule has 2 aliphatic rings. The average molecular weight is 342 g/mol. The van der Waals surface area contributed by atoms with Crippen molar-refractivity contribution in [3.8, 4) is 0 Å². The van der Waals surface area contributed by atoms with E-state index in [1.54, 1.807) is 0 Å². The maximum atomic E-state index is 10.5. The molecule has 25 heavy (non-hydrogen) atoms. The summed E-state index contributed by atoms with van der Waals surface area (Å²) in [6.07, 6.45) is 1.93. The summed E-state index contributed by atoms with van der Waals surface area (Å²) < 4.78 is 5.78. The first-order valence-corrected chi connectivity index (χ1v) is 9.20. The molecule has 134 valence electrons. The first-order chi connectivity index (χ1) is 12.2. The van der Waals surface area contributed by atoms with E-state index in [0.717, 1.165) is 43.5 Å². The molecule has 1 saturated heterocycles. The Bertz CT molecular complexity index is 686. The first kappa shape index (κ1) is 16.7. The molecule has 0 radical (unpaired) electrons. The van der Waals surface area contributed by atoms with E-state index in [-0.39, 0.29) is 0 Å². The highest BCUT2D eigenvalue weighted by atomic mass is 16.4. The van der Waals surface area contributed by atoms with Gasteiger partial charge in [-0.15, -0.1) is 10.2 Å². The maximum absolute atomic E-state index is 10.5. The van der Waals surface area contributed by atoms with Crippen molar-refractivity contribution in [3.05, 3.63) is 47.7 Å². The SMILES string of the molecule is C[C@@H]1CN(Cc2nnc(C3CC3)o2)CCN1C[C@H](O)c1ccccc1. The van der Waals surface area contributed by atoms with Crippen molar-refractivity contribution >= 4 is 0 Å². The van der Waals surface area contributed by atoms with Gasteiger partial charge in [-0.3, -0.25) is 9.80 Å². The van der Waals surface area contributed by atoms with Crippen LogP contribution < -0.4 is 0 Å². The molecule has 6 heteroatoms. The second kappa shape index (κ2) is 7.23. The molecule has 2 atom stereocenters. The van der Waals surface area contributed by atoms with E-state index in [1.807, 2.05) is 30.3 Å². The Balaban J connectivity index is 1.29. The quantitative estimate of drug-likeness (QED) is 0.868. The van der Waals surface area contributed by atoms with E-state index < -0.39 is 6.10 Å². The Labute approximate surface area is 148 Å². The zero-order valence-electron chi connectivity index (χ0n) is 14.7. The molecule has 1 aliphatic carbocycles. The summed E-state index contributed by atoms with van der Waals surface area (Å²) in [5, 5.41) is 18.8. The normalized spacial score (nSPS) is 23.7. The number of hydrogen-bond donors (Lipinski definition) is 1. The Morgan fingerprint density at radius 1 is 1.20 bits per heavy atom. The second-order valence-electron chi connectivity index (χ2n) is 7.31. The predicted molar refractivity (Wildman–Crippen MR) is 94.0 cm³/mol. The van der Waals surface area contributed by atoms with Crippen molar-refractivity contribution in [1.29, 1.82) is 0 Å². The topological polar surface area (TPSA) is 65.6 Å². The number of aliphatic hydroxyl groups excluding tert-OH is 1. The van der Waals surface area contributed by atoms with Crippen LogP contribution in [-0.2, 0) is 6.54 Å². The molecule has 6 nitrogen and oxygen atoms in total. The van der Waals surface area contributed by atoms with Gasteiger partial charge >= 0.3 is 0 Å². The third-order valence-electron chi connectivity index (χ3n) is 5.21. The van der Waals surface area contributed by atoms with Gasteiger partial charge in [-0.25, -0.2) is 0 Å². The Morgan fingerprint density at radius 2 is 2.00 bits per heavy atom. The lowest BCUT2D eigenvalue weighted by Gasteiger charge is -2.40. The van der Waals surface area contributed by atoms with Crippen LogP contribution in [0.2, 0.25) is 0 Å². The number of hydrogen-bond acceptors (Lipinski definition) is 6. The summed E-state index contributed by atoms with van der Waals surface area (Å²) in [5.74, 6) is 2.05. The number of β-amino-alcohol motifs (C(OH)–C–C–N with tert-alkyl or cyclic N) is 1. The van der Waals surface area contributed by atoms with E-state index in [1.165, 1.54) is 12.8 Å². The third kappa shape index (κ3) is 4.08. The fourth-order valence-corrected chi connectivity index (χ4v) is 3.51. The molecule has 2 heterocycles. The lowest BCUT2D eigenvalue weighted by molar-refractivity contribution is 0.0334. The molecule has 2 fully saturated rings. The highest BCUT2D eigenvalue weighted by molar-refractivity contribution is 5.17. The van der Waals surface area contributed by atoms with E-state index in [4.69, 9.17) is 4.42 Å². The number of aliphatic hydroxyl groups is 1. The highest BCUT2D eigenvalue weighted by Gasteiger charge is 2.30. The van der Waals surface area contributed by atoms with E-state index in [2.05, 4.69) is 26.9 Å². The summed E-state index contributed by atoms with van der Waals surface area (Å²) >= 11 is 0. The van der Waals surface area contributed by atoms with Crippen LogP contribution in [-0.4, -0.2) is 57.3 Å². The van der Waals surface area contributed by atoms with Crippen LogP contribution >= 0.6 is 0 Å². The van der Waals surface area contributed by atoms with Crippen LogP contribution in [0.1, 0.15) is 49.1 Å².